The molecule has 90 valence electrons. The second-order valence-corrected chi connectivity index (χ2v) is 4.95. The van der Waals surface area contributed by atoms with Crippen molar-refractivity contribution in [2.75, 3.05) is 12.8 Å². The van der Waals surface area contributed by atoms with Crippen LogP contribution in [-0.4, -0.2) is 18.8 Å². The maximum absolute atomic E-state index is 13.3. The maximum atomic E-state index is 13.3. The molecule has 0 bridgehead atoms. The van der Waals surface area contributed by atoms with Crippen molar-refractivity contribution in [3.8, 4) is 0 Å². The molecule has 0 fully saturated rings. The van der Waals surface area contributed by atoms with Crippen LogP contribution >= 0.6 is 11.8 Å². The van der Waals surface area contributed by atoms with Gasteiger partial charge >= 0.3 is 0 Å². The summed E-state index contributed by atoms with van der Waals surface area (Å²) in [5, 5.41) is 3.28. The lowest BCUT2D eigenvalue weighted by atomic mass is 10.1. The van der Waals surface area contributed by atoms with E-state index in [-0.39, 0.29) is 5.82 Å². The molecule has 1 atom stereocenters. The van der Waals surface area contributed by atoms with Gasteiger partial charge in [0.05, 0.1) is 0 Å². The highest BCUT2D eigenvalue weighted by atomic mass is 32.2. The first-order chi connectivity index (χ1) is 7.77. The number of halogens is 1. The van der Waals surface area contributed by atoms with E-state index in [1.165, 1.54) is 6.07 Å². The topological polar surface area (TPSA) is 12.0 Å². The van der Waals surface area contributed by atoms with E-state index >= 15 is 0 Å². The number of hydrogen-bond donors (Lipinski definition) is 1. The van der Waals surface area contributed by atoms with Gasteiger partial charge in [0.2, 0.25) is 0 Å². The molecule has 3 heteroatoms. The SMILES string of the molecule is CCC(CCCSc1ccccc1F)NC. The van der Waals surface area contributed by atoms with Crippen molar-refractivity contribution in [1.82, 2.24) is 5.32 Å². The molecule has 0 saturated heterocycles. The fraction of sp³-hybridized carbons (Fsp3) is 0.538. The van der Waals surface area contributed by atoms with E-state index in [0.717, 1.165) is 29.9 Å². The Bertz CT molecular complexity index is 300. The van der Waals surface area contributed by atoms with Crippen LogP contribution in [0.5, 0.6) is 0 Å². The van der Waals surface area contributed by atoms with Gasteiger partial charge in [-0.3, -0.25) is 0 Å². The normalized spacial score (nSPS) is 12.7. The Morgan fingerprint density at radius 2 is 2.12 bits per heavy atom. The van der Waals surface area contributed by atoms with Crippen LogP contribution in [-0.2, 0) is 0 Å². The van der Waals surface area contributed by atoms with E-state index < -0.39 is 0 Å². The van der Waals surface area contributed by atoms with Gasteiger partial charge in [0.1, 0.15) is 5.82 Å². The zero-order valence-corrected chi connectivity index (χ0v) is 10.8. The third kappa shape index (κ3) is 4.54. The summed E-state index contributed by atoms with van der Waals surface area (Å²) in [4.78, 5) is 0.764. The summed E-state index contributed by atoms with van der Waals surface area (Å²) in [6, 6.07) is 7.57. The van der Waals surface area contributed by atoms with E-state index in [0.29, 0.717) is 6.04 Å². The van der Waals surface area contributed by atoms with Crippen molar-refractivity contribution < 1.29 is 4.39 Å². The number of thioether (sulfide) groups is 1. The third-order valence-electron chi connectivity index (χ3n) is 2.69. The Kier molecular flexibility index (Phi) is 6.50. The van der Waals surface area contributed by atoms with Crippen molar-refractivity contribution in [2.24, 2.45) is 0 Å². The van der Waals surface area contributed by atoms with Gasteiger partial charge in [-0.1, -0.05) is 19.1 Å². The largest absolute Gasteiger partial charge is 0.317 e. The summed E-state index contributed by atoms with van der Waals surface area (Å²) < 4.78 is 13.3. The van der Waals surface area contributed by atoms with Gasteiger partial charge in [0.25, 0.3) is 0 Å². The molecule has 0 saturated carbocycles. The molecule has 1 unspecified atom stereocenters. The van der Waals surface area contributed by atoms with Gasteiger partial charge in [-0.15, -0.1) is 11.8 Å². The second-order valence-electron chi connectivity index (χ2n) is 3.81. The highest BCUT2D eigenvalue weighted by Gasteiger charge is 2.04. The number of benzene rings is 1. The quantitative estimate of drug-likeness (QED) is 0.577. The van der Waals surface area contributed by atoms with Crippen LogP contribution in [0, 0.1) is 5.82 Å². The molecular formula is C13H20FNS. The van der Waals surface area contributed by atoms with Crippen LogP contribution in [0.4, 0.5) is 4.39 Å². The fourth-order valence-electron chi connectivity index (χ4n) is 1.63. The Morgan fingerprint density at radius 3 is 2.75 bits per heavy atom. The highest BCUT2D eigenvalue weighted by molar-refractivity contribution is 7.99. The summed E-state index contributed by atoms with van der Waals surface area (Å²) >= 11 is 1.61. The monoisotopic (exact) mass is 241 g/mol. The molecule has 0 heterocycles. The first kappa shape index (κ1) is 13.5. The molecule has 0 aliphatic carbocycles. The number of hydrogen-bond acceptors (Lipinski definition) is 2. The Balaban J connectivity index is 2.23. The van der Waals surface area contributed by atoms with Gasteiger partial charge in [0.15, 0.2) is 0 Å². The lowest BCUT2D eigenvalue weighted by Gasteiger charge is -2.12. The van der Waals surface area contributed by atoms with E-state index in [1.54, 1.807) is 17.8 Å². The zero-order chi connectivity index (χ0) is 11.8. The van der Waals surface area contributed by atoms with Gasteiger partial charge in [0, 0.05) is 10.9 Å². The zero-order valence-electron chi connectivity index (χ0n) is 10.0. The molecule has 1 nitrogen and oxygen atoms in total. The van der Waals surface area contributed by atoms with E-state index in [1.807, 2.05) is 19.2 Å². The standard InChI is InChI=1S/C13H20FNS/c1-3-11(15-2)7-6-10-16-13-9-5-4-8-12(13)14/h4-5,8-9,11,15H,3,6-7,10H2,1-2H3. The molecule has 1 aromatic rings. The van der Waals surface area contributed by atoms with Crippen molar-refractivity contribution in [3.63, 3.8) is 0 Å². The van der Waals surface area contributed by atoms with Crippen LogP contribution in [0.2, 0.25) is 0 Å². The molecule has 0 amide bonds. The summed E-state index contributed by atoms with van der Waals surface area (Å²) in [7, 11) is 2.00. The minimum atomic E-state index is -0.104. The van der Waals surface area contributed by atoms with Crippen LogP contribution in [0.1, 0.15) is 26.2 Å². The lowest BCUT2D eigenvalue weighted by Crippen LogP contribution is -2.23. The number of rotatable bonds is 7. The van der Waals surface area contributed by atoms with E-state index in [2.05, 4.69) is 12.2 Å². The predicted octanol–water partition coefficient (Wildman–Crippen LogP) is 3.70. The molecular weight excluding hydrogens is 221 g/mol. The first-order valence-corrected chi connectivity index (χ1v) is 6.81. The van der Waals surface area contributed by atoms with Crippen molar-refractivity contribution in [1.29, 1.82) is 0 Å². The second kappa shape index (κ2) is 7.69. The van der Waals surface area contributed by atoms with Crippen molar-refractivity contribution >= 4 is 11.8 Å². The maximum Gasteiger partial charge on any atom is 0.136 e. The van der Waals surface area contributed by atoms with Crippen LogP contribution in [0.25, 0.3) is 0 Å². The molecule has 0 aliphatic heterocycles. The lowest BCUT2D eigenvalue weighted by molar-refractivity contribution is 0.504. The van der Waals surface area contributed by atoms with Crippen molar-refractivity contribution in [3.05, 3.63) is 30.1 Å². The highest BCUT2D eigenvalue weighted by Crippen LogP contribution is 2.22. The third-order valence-corrected chi connectivity index (χ3v) is 3.83. The van der Waals surface area contributed by atoms with Gasteiger partial charge in [-0.2, -0.15) is 0 Å². The molecule has 1 rings (SSSR count). The van der Waals surface area contributed by atoms with Gasteiger partial charge < -0.3 is 5.32 Å². The molecule has 1 aromatic carbocycles. The molecule has 0 spiro atoms. The van der Waals surface area contributed by atoms with Crippen LogP contribution in [0.15, 0.2) is 29.2 Å². The van der Waals surface area contributed by atoms with Crippen LogP contribution < -0.4 is 5.32 Å². The number of nitrogens with one attached hydrogen (secondary N) is 1. The molecule has 16 heavy (non-hydrogen) atoms. The van der Waals surface area contributed by atoms with Gasteiger partial charge in [-0.05, 0) is 44.2 Å². The molecule has 0 aliphatic rings. The average Bonchev–Trinajstić information content (AvgIpc) is 2.31. The van der Waals surface area contributed by atoms with E-state index in [9.17, 15) is 4.39 Å². The molecule has 0 aromatic heterocycles. The Morgan fingerprint density at radius 1 is 1.38 bits per heavy atom. The minimum Gasteiger partial charge on any atom is -0.317 e. The summed E-state index contributed by atoms with van der Waals surface area (Å²) in [6.07, 6.45) is 3.44. The fourth-order valence-corrected chi connectivity index (χ4v) is 2.54. The predicted molar refractivity (Wildman–Crippen MR) is 69.5 cm³/mol. The Hall–Kier alpha value is -0.540. The Labute approximate surface area is 102 Å². The van der Waals surface area contributed by atoms with Crippen molar-refractivity contribution in [2.45, 2.75) is 37.1 Å². The summed E-state index contributed by atoms with van der Waals surface area (Å²) in [6.45, 7) is 2.19. The molecule has 1 N–H and O–H groups in total. The van der Waals surface area contributed by atoms with Gasteiger partial charge in [-0.25, -0.2) is 4.39 Å². The van der Waals surface area contributed by atoms with Crippen LogP contribution in [0.3, 0.4) is 0 Å². The average molecular weight is 241 g/mol. The minimum absolute atomic E-state index is 0.104. The van der Waals surface area contributed by atoms with E-state index in [4.69, 9.17) is 0 Å². The summed E-state index contributed by atoms with van der Waals surface area (Å²) in [5.74, 6) is 0.882. The smallest absolute Gasteiger partial charge is 0.136 e. The molecule has 0 radical (unpaired) electrons. The first-order valence-electron chi connectivity index (χ1n) is 5.82. The summed E-state index contributed by atoms with van der Waals surface area (Å²) in [5.41, 5.74) is 0.